The van der Waals surface area contributed by atoms with Crippen LogP contribution >= 0.6 is 0 Å². The van der Waals surface area contributed by atoms with Gasteiger partial charge in [0.15, 0.2) is 9.84 Å². The molecule has 2 saturated heterocycles. The molecule has 3 atom stereocenters. The highest BCUT2D eigenvalue weighted by atomic mass is 32.2. The summed E-state index contributed by atoms with van der Waals surface area (Å²) in [4.78, 5) is 14.2. The molecule has 0 radical (unpaired) electrons. The van der Waals surface area contributed by atoms with Crippen molar-refractivity contribution < 1.29 is 13.2 Å². The molecule has 4 nitrogen and oxygen atoms in total. The van der Waals surface area contributed by atoms with Crippen molar-refractivity contribution in [1.82, 2.24) is 4.90 Å². The van der Waals surface area contributed by atoms with Crippen molar-refractivity contribution in [2.45, 2.75) is 49.3 Å². The average Bonchev–Trinajstić information content (AvgIpc) is 2.88. The van der Waals surface area contributed by atoms with Gasteiger partial charge in [-0.05, 0) is 37.8 Å². The van der Waals surface area contributed by atoms with E-state index in [0.717, 1.165) is 18.4 Å². The molecule has 1 amide bonds. The van der Waals surface area contributed by atoms with Crippen LogP contribution in [-0.4, -0.2) is 37.1 Å². The normalized spacial score (nSPS) is 29.5. The van der Waals surface area contributed by atoms with Crippen LogP contribution in [0.25, 0.3) is 0 Å². The minimum absolute atomic E-state index is 0.111. The minimum Gasteiger partial charge on any atom is -0.338 e. The van der Waals surface area contributed by atoms with Crippen LogP contribution in [0.5, 0.6) is 0 Å². The van der Waals surface area contributed by atoms with Crippen LogP contribution < -0.4 is 0 Å². The minimum atomic E-state index is -3.40. The highest BCUT2D eigenvalue weighted by Crippen LogP contribution is 2.37. The molecule has 114 valence electrons. The molecule has 0 N–H and O–H groups in total. The van der Waals surface area contributed by atoms with Crippen LogP contribution in [0.3, 0.4) is 0 Å². The maximum Gasteiger partial charge on any atom is 0.223 e. The zero-order valence-electron chi connectivity index (χ0n) is 12.5. The molecule has 0 spiro atoms. The van der Waals surface area contributed by atoms with E-state index >= 15 is 0 Å². The van der Waals surface area contributed by atoms with Gasteiger partial charge in [0.05, 0.1) is 10.1 Å². The third kappa shape index (κ3) is 2.37. The zero-order chi connectivity index (χ0) is 15.2. The van der Waals surface area contributed by atoms with Gasteiger partial charge in [-0.3, -0.25) is 4.79 Å². The Morgan fingerprint density at radius 3 is 2.52 bits per heavy atom. The van der Waals surface area contributed by atoms with Gasteiger partial charge in [0.2, 0.25) is 5.91 Å². The SMILES string of the molecule is Cc1ccc(S(=O)(=O)[C@@H]2[C@@H](C)CC(=O)N3CCC[C@@H]23)cc1. The van der Waals surface area contributed by atoms with Crippen LogP contribution in [0, 0.1) is 12.8 Å². The second-order valence-electron chi connectivity index (χ2n) is 6.30. The van der Waals surface area contributed by atoms with E-state index in [4.69, 9.17) is 0 Å². The van der Waals surface area contributed by atoms with Crippen molar-refractivity contribution >= 4 is 15.7 Å². The molecule has 3 rings (SSSR count). The van der Waals surface area contributed by atoms with E-state index in [1.54, 1.807) is 17.0 Å². The van der Waals surface area contributed by atoms with Gasteiger partial charge in [0, 0.05) is 19.0 Å². The van der Waals surface area contributed by atoms with E-state index in [1.807, 2.05) is 26.0 Å². The maximum atomic E-state index is 13.0. The molecule has 2 heterocycles. The monoisotopic (exact) mass is 307 g/mol. The Morgan fingerprint density at radius 1 is 1.19 bits per heavy atom. The van der Waals surface area contributed by atoms with Crippen LogP contribution in [0.2, 0.25) is 0 Å². The first-order valence-corrected chi connectivity index (χ1v) is 9.06. The third-order valence-electron chi connectivity index (χ3n) is 4.76. The number of piperidine rings is 1. The van der Waals surface area contributed by atoms with Gasteiger partial charge in [-0.25, -0.2) is 8.42 Å². The van der Waals surface area contributed by atoms with Crippen LogP contribution in [0.1, 0.15) is 31.7 Å². The van der Waals surface area contributed by atoms with E-state index in [2.05, 4.69) is 0 Å². The molecule has 21 heavy (non-hydrogen) atoms. The third-order valence-corrected chi connectivity index (χ3v) is 7.19. The molecule has 1 aromatic carbocycles. The number of sulfone groups is 1. The molecule has 1 aromatic rings. The molecule has 2 fully saturated rings. The van der Waals surface area contributed by atoms with E-state index in [-0.39, 0.29) is 17.9 Å². The Kier molecular flexibility index (Phi) is 3.56. The summed E-state index contributed by atoms with van der Waals surface area (Å²) in [5, 5.41) is -0.472. The molecular formula is C16H21NO3S. The highest BCUT2D eigenvalue weighted by Gasteiger charge is 2.48. The lowest BCUT2D eigenvalue weighted by Crippen LogP contribution is -2.54. The second-order valence-corrected chi connectivity index (χ2v) is 8.41. The van der Waals surface area contributed by atoms with Crippen LogP contribution in [0.4, 0.5) is 0 Å². The van der Waals surface area contributed by atoms with Crippen molar-refractivity contribution in [2.75, 3.05) is 6.54 Å². The highest BCUT2D eigenvalue weighted by molar-refractivity contribution is 7.92. The largest absolute Gasteiger partial charge is 0.338 e. The first kappa shape index (κ1) is 14.6. The molecule has 0 unspecified atom stereocenters. The standard InChI is InChI=1S/C16H21NO3S/c1-11-5-7-13(8-6-11)21(19,20)16-12(2)10-15(18)17-9-3-4-14(16)17/h5-8,12,14,16H,3-4,9-10H2,1-2H3/t12-,14-,16+/m0/s1. The number of nitrogens with zero attached hydrogens (tertiary/aromatic N) is 1. The summed E-state index contributed by atoms with van der Waals surface area (Å²) >= 11 is 0. The number of rotatable bonds is 2. The topological polar surface area (TPSA) is 54.5 Å². The fourth-order valence-electron chi connectivity index (χ4n) is 3.73. The number of carbonyl (C=O) groups is 1. The summed E-state index contributed by atoms with van der Waals surface area (Å²) in [5.41, 5.74) is 1.04. The molecule has 2 aliphatic rings. The predicted molar refractivity (Wildman–Crippen MR) is 80.7 cm³/mol. The van der Waals surface area contributed by atoms with Gasteiger partial charge in [0.1, 0.15) is 0 Å². The van der Waals surface area contributed by atoms with Crippen LogP contribution in [0.15, 0.2) is 29.2 Å². The number of fused-ring (bicyclic) bond motifs is 1. The number of benzene rings is 1. The molecule has 0 aromatic heterocycles. The Balaban J connectivity index is 2.00. The van der Waals surface area contributed by atoms with Crippen molar-refractivity contribution in [2.24, 2.45) is 5.92 Å². The Bertz CT molecular complexity index is 651. The fourth-order valence-corrected chi connectivity index (χ4v) is 5.96. The van der Waals surface area contributed by atoms with Gasteiger partial charge in [0.25, 0.3) is 0 Å². The summed E-state index contributed by atoms with van der Waals surface area (Å²) in [6.07, 6.45) is 2.04. The Morgan fingerprint density at radius 2 is 1.86 bits per heavy atom. The number of carbonyl (C=O) groups excluding carboxylic acids is 1. The molecule has 0 saturated carbocycles. The van der Waals surface area contributed by atoms with Crippen molar-refractivity contribution in [1.29, 1.82) is 0 Å². The number of aryl methyl sites for hydroxylation is 1. The predicted octanol–water partition coefficient (Wildman–Crippen LogP) is 2.17. The first-order chi connectivity index (χ1) is 9.91. The molecule has 5 heteroatoms. The van der Waals surface area contributed by atoms with Gasteiger partial charge in [-0.1, -0.05) is 24.6 Å². The molecule has 2 aliphatic heterocycles. The van der Waals surface area contributed by atoms with Gasteiger partial charge < -0.3 is 4.90 Å². The van der Waals surface area contributed by atoms with Crippen LogP contribution in [-0.2, 0) is 14.6 Å². The van der Waals surface area contributed by atoms with Gasteiger partial charge in [-0.2, -0.15) is 0 Å². The maximum absolute atomic E-state index is 13.0. The quantitative estimate of drug-likeness (QED) is 0.841. The fraction of sp³-hybridized carbons (Fsp3) is 0.562. The van der Waals surface area contributed by atoms with Crippen molar-refractivity contribution in [3.63, 3.8) is 0 Å². The van der Waals surface area contributed by atoms with Crippen molar-refractivity contribution in [3.8, 4) is 0 Å². The van der Waals surface area contributed by atoms with Gasteiger partial charge in [-0.15, -0.1) is 0 Å². The zero-order valence-corrected chi connectivity index (χ0v) is 13.3. The summed E-state index contributed by atoms with van der Waals surface area (Å²) in [6.45, 7) is 4.54. The summed E-state index contributed by atoms with van der Waals surface area (Å²) in [7, 11) is -3.40. The number of hydrogen-bond donors (Lipinski definition) is 0. The van der Waals surface area contributed by atoms with E-state index < -0.39 is 15.1 Å². The first-order valence-electron chi connectivity index (χ1n) is 7.51. The Hall–Kier alpha value is -1.36. The van der Waals surface area contributed by atoms with E-state index in [9.17, 15) is 13.2 Å². The smallest absolute Gasteiger partial charge is 0.223 e. The molecular weight excluding hydrogens is 286 g/mol. The van der Waals surface area contributed by atoms with E-state index in [0.29, 0.717) is 17.9 Å². The summed E-state index contributed by atoms with van der Waals surface area (Å²) in [6, 6.07) is 6.89. The lowest BCUT2D eigenvalue weighted by atomic mass is 9.91. The average molecular weight is 307 g/mol. The van der Waals surface area contributed by atoms with Gasteiger partial charge >= 0.3 is 0 Å². The summed E-state index contributed by atoms with van der Waals surface area (Å²) < 4.78 is 26.0. The Labute approximate surface area is 126 Å². The number of amides is 1. The molecule has 0 bridgehead atoms. The second kappa shape index (κ2) is 5.13. The lowest BCUT2D eigenvalue weighted by molar-refractivity contribution is -0.135. The number of hydrogen-bond acceptors (Lipinski definition) is 3. The van der Waals surface area contributed by atoms with Crippen molar-refractivity contribution in [3.05, 3.63) is 29.8 Å². The summed E-state index contributed by atoms with van der Waals surface area (Å²) in [5.74, 6) is -0.0106. The molecule has 0 aliphatic carbocycles. The van der Waals surface area contributed by atoms with E-state index in [1.165, 1.54) is 0 Å². The lowest BCUT2D eigenvalue weighted by Gasteiger charge is -2.40.